The van der Waals surface area contributed by atoms with Gasteiger partial charge in [0.2, 0.25) is 0 Å². The zero-order valence-electron chi connectivity index (χ0n) is 9.83. The van der Waals surface area contributed by atoms with Gasteiger partial charge < -0.3 is 0 Å². The van der Waals surface area contributed by atoms with Gasteiger partial charge in [-0.25, -0.2) is 4.98 Å². The number of fused-ring (bicyclic) bond motifs is 1. The van der Waals surface area contributed by atoms with Crippen molar-refractivity contribution in [2.24, 2.45) is 7.05 Å². The van der Waals surface area contributed by atoms with E-state index in [1.807, 2.05) is 13.8 Å². The minimum Gasteiger partial charge on any atom is -0.290 e. The fourth-order valence-electron chi connectivity index (χ4n) is 1.61. The first-order chi connectivity index (χ1) is 7.56. The maximum absolute atomic E-state index is 12.2. The monoisotopic (exact) mass is 254 g/mol. The number of nitrogens with zero attached hydrogens (tertiary/aromatic N) is 2. The predicted molar refractivity (Wildman–Crippen MR) is 70.7 cm³/mol. The average Bonchev–Trinajstić information content (AvgIpc) is 2.51. The van der Waals surface area contributed by atoms with Gasteiger partial charge in [-0.05, 0) is 25.2 Å². The summed E-state index contributed by atoms with van der Waals surface area (Å²) in [5.41, 5.74) is 1.14. The Morgan fingerprint density at radius 3 is 2.75 bits per heavy atom. The highest BCUT2D eigenvalue weighted by atomic mass is 32.2. The second-order valence-corrected chi connectivity index (χ2v) is 6.09. The van der Waals surface area contributed by atoms with E-state index in [9.17, 15) is 4.79 Å². The lowest BCUT2D eigenvalue weighted by atomic mass is 10.2. The average molecular weight is 254 g/mol. The summed E-state index contributed by atoms with van der Waals surface area (Å²) in [6, 6.07) is 0. The minimum atomic E-state index is 0.0720. The molecule has 3 nitrogen and oxygen atoms in total. The normalized spacial score (nSPS) is 11.2. The Balaban J connectivity index is 2.83. The van der Waals surface area contributed by atoms with Crippen LogP contribution < -0.4 is 5.56 Å². The highest BCUT2D eigenvalue weighted by Crippen LogP contribution is 2.27. The summed E-state index contributed by atoms with van der Waals surface area (Å²) in [5, 5.41) is 1.59. The molecule has 2 aromatic rings. The summed E-state index contributed by atoms with van der Waals surface area (Å²) in [5.74, 6) is 0.926. The van der Waals surface area contributed by atoms with Crippen LogP contribution in [0, 0.1) is 13.8 Å². The van der Waals surface area contributed by atoms with Crippen LogP contribution in [-0.4, -0.2) is 15.3 Å². The van der Waals surface area contributed by atoms with Crippen molar-refractivity contribution in [3.63, 3.8) is 0 Å². The Morgan fingerprint density at radius 2 is 2.12 bits per heavy atom. The molecule has 2 aromatic heterocycles. The highest BCUT2D eigenvalue weighted by Gasteiger charge is 2.14. The fraction of sp³-hybridized carbons (Fsp3) is 0.455. The van der Waals surface area contributed by atoms with Crippen LogP contribution in [-0.2, 0) is 7.05 Å². The summed E-state index contributed by atoms with van der Waals surface area (Å²) in [4.78, 5) is 18.8. The molecular weight excluding hydrogens is 240 g/mol. The van der Waals surface area contributed by atoms with Crippen LogP contribution in [0.15, 0.2) is 9.95 Å². The molecule has 0 saturated heterocycles. The van der Waals surface area contributed by atoms with Gasteiger partial charge in [0.1, 0.15) is 4.83 Å². The number of rotatable bonds is 2. The molecule has 86 valence electrons. The van der Waals surface area contributed by atoms with E-state index in [4.69, 9.17) is 0 Å². The Labute approximate surface area is 103 Å². The minimum absolute atomic E-state index is 0.0720. The van der Waals surface area contributed by atoms with Gasteiger partial charge in [-0.15, -0.1) is 11.3 Å². The molecule has 0 fully saturated rings. The van der Waals surface area contributed by atoms with Crippen molar-refractivity contribution in [2.45, 2.75) is 25.9 Å². The van der Waals surface area contributed by atoms with Gasteiger partial charge in [-0.1, -0.05) is 18.7 Å². The summed E-state index contributed by atoms with van der Waals surface area (Å²) in [6.07, 6.45) is 0. The van der Waals surface area contributed by atoms with Crippen LogP contribution in [0.4, 0.5) is 0 Å². The number of aromatic nitrogens is 2. The number of thioether (sulfide) groups is 1. The summed E-state index contributed by atoms with van der Waals surface area (Å²) in [6.45, 7) is 6.09. The van der Waals surface area contributed by atoms with Crippen molar-refractivity contribution in [1.82, 2.24) is 9.55 Å². The standard InChI is InChI=1S/C11H14N2OS2/c1-5-15-11-12-9-8(10(14)13(11)4)6(2)7(3)16-9/h5H2,1-4H3. The topological polar surface area (TPSA) is 34.9 Å². The van der Waals surface area contributed by atoms with E-state index in [1.54, 1.807) is 34.7 Å². The quantitative estimate of drug-likeness (QED) is 0.610. The smallest absolute Gasteiger partial charge is 0.262 e. The van der Waals surface area contributed by atoms with Crippen LogP contribution >= 0.6 is 23.1 Å². The number of hydrogen-bond donors (Lipinski definition) is 0. The molecule has 0 aliphatic carbocycles. The molecule has 0 spiro atoms. The molecule has 0 aliphatic rings. The van der Waals surface area contributed by atoms with Crippen molar-refractivity contribution in [1.29, 1.82) is 0 Å². The molecule has 0 aromatic carbocycles. The Hall–Kier alpha value is -0.810. The molecular formula is C11H14N2OS2. The molecule has 0 unspecified atom stereocenters. The Morgan fingerprint density at radius 1 is 1.44 bits per heavy atom. The van der Waals surface area contributed by atoms with Gasteiger partial charge in [0.25, 0.3) is 5.56 Å². The maximum atomic E-state index is 12.2. The molecule has 0 saturated carbocycles. The third-order valence-electron chi connectivity index (χ3n) is 2.64. The molecule has 0 amide bonds. The summed E-state index contributed by atoms with van der Waals surface area (Å²) < 4.78 is 1.65. The first kappa shape index (κ1) is 11.7. The van der Waals surface area contributed by atoms with Crippen LogP contribution in [0.5, 0.6) is 0 Å². The zero-order chi connectivity index (χ0) is 11.9. The van der Waals surface area contributed by atoms with Gasteiger partial charge in [0.05, 0.1) is 5.39 Å². The van der Waals surface area contributed by atoms with Crippen LogP contribution in [0.25, 0.3) is 10.2 Å². The molecule has 5 heteroatoms. The number of thiophene rings is 1. The van der Waals surface area contributed by atoms with E-state index in [0.29, 0.717) is 0 Å². The van der Waals surface area contributed by atoms with Gasteiger partial charge >= 0.3 is 0 Å². The Bertz CT molecular complexity index is 598. The van der Waals surface area contributed by atoms with Gasteiger partial charge in [0, 0.05) is 11.9 Å². The lowest BCUT2D eigenvalue weighted by molar-refractivity contribution is 0.728. The lowest BCUT2D eigenvalue weighted by Gasteiger charge is -2.05. The molecule has 16 heavy (non-hydrogen) atoms. The largest absolute Gasteiger partial charge is 0.290 e. The lowest BCUT2D eigenvalue weighted by Crippen LogP contribution is -2.19. The maximum Gasteiger partial charge on any atom is 0.262 e. The van der Waals surface area contributed by atoms with E-state index in [1.165, 1.54) is 4.88 Å². The fourth-order valence-corrected chi connectivity index (χ4v) is 3.38. The van der Waals surface area contributed by atoms with Crippen molar-refractivity contribution in [3.05, 3.63) is 20.8 Å². The Kier molecular flexibility index (Phi) is 3.08. The van der Waals surface area contributed by atoms with Crippen molar-refractivity contribution >= 4 is 33.3 Å². The third-order valence-corrected chi connectivity index (χ3v) is 4.66. The van der Waals surface area contributed by atoms with E-state index >= 15 is 0 Å². The molecule has 0 radical (unpaired) electrons. The second kappa shape index (κ2) is 4.22. The van der Waals surface area contributed by atoms with Crippen molar-refractivity contribution in [2.75, 3.05) is 5.75 Å². The van der Waals surface area contributed by atoms with Crippen LogP contribution in [0.1, 0.15) is 17.4 Å². The first-order valence-corrected chi connectivity index (χ1v) is 6.96. The van der Waals surface area contributed by atoms with Gasteiger partial charge in [-0.2, -0.15) is 0 Å². The zero-order valence-corrected chi connectivity index (χ0v) is 11.5. The highest BCUT2D eigenvalue weighted by molar-refractivity contribution is 7.99. The van der Waals surface area contributed by atoms with Crippen molar-refractivity contribution < 1.29 is 0 Å². The molecule has 2 rings (SSSR count). The van der Waals surface area contributed by atoms with Gasteiger partial charge in [-0.3, -0.25) is 9.36 Å². The summed E-state index contributed by atoms with van der Waals surface area (Å²) >= 11 is 3.21. The second-order valence-electron chi connectivity index (χ2n) is 3.65. The van der Waals surface area contributed by atoms with E-state index in [2.05, 4.69) is 11.9 Å². The van der Waals surface area contributed by atoms with Gasteiger partial charge in [0.15, 0.2) is 5.16 Å². The molecule has 0 bridgehead atoms. The van der Waals surface area contributed by atoms with Crippen molar-refractivity contribution in [3.8, 4) is 0 Å². The van der Waals surface area contributed by atoms with E-state index in [-0.39, 0.29) is 5.56 Å². The molecule has 2 heterocycles. The first-order valence-electron chi connectivity index (χ1n) is 5.15. The molecule has 0 atom stereocenters. The number of hydrogen-bond acceptors (Lipinski definition) is 4. The SMILES string of the molecule is CCSc1nc2sc(C)c(C)c2c(=O)n1C. The number of aryl methyl sites for hydroxylation is 2. The van der Waals surface area contributed by atoms with E-state index < -0.39 is 0 Å². The van der Waals surface area contributed by atoms with Crippen LogP contribution in [0.2, 0.25) is 0 Å². The predicted octanol–water partition coefficient (Wildman–Crippen LogP) is 2.72. The summed E-state index contributed by atoms with van der Waals surface area (Å²) in [7, 11) is 1.79. The van der Waals surface area contributed by atoms with E-state index in [0.717, 1.165) is 26.7 Å². The third kappa shape index (κ3) is 1.68. The molecule has 0 aliphatic heterocycles. The van der Waals surface area contributed by atoms with Crippen LogP contribution in [0.3, 0.4) is 0 Å². The molecule has 0 N–H and O–H groups in total.